The normalized spacial score (nSPS) is 12.0. The van der Waals surface area contributed by atoms with Gasteiger partial charge >= 0.3 is 11.9 Å². The van der Waals surface area contributed by atoms with Gasteiger partial charge in [0.15, 0.2) is 6.10 Å². The minimum absolute atomic E-state index is 0.0692. The quantitative estimate of drug-likeness (QED) is 0.0992. The number of hydrogen-bond acceptors (Lipinski definition) is 5. The Balaban J connectivity index is 3.35. The van der Waals surface area contributed by atoms with Crippen LogP contribution in [0.25, 0.3) is 0 Å². The molecule has 1 atom stereocenters. The molecule has 0 fully saturated rings. The van der Waals surface area contributed by atoms with Crippen molar-refractivity contribution in [1.82, 2.24) is 0 Å². The second-order valence-electron chi connectivity index (χ2n) is 9.84. The Kier molecular flexibility index (Phi) is 25.6. The zero-order chi connectivity index (χ0) is 25.1. The largest absolute Gasteiger partial charge is 0.462 e. The van der Waals surface area contributed by atoms with E-state index in [-0.39, 0.29) is 25.2 Å². The van der Waals surface area contributed by atoms with Crippen LogP contribution in [-0.4, -0.2) is 36.4 Å². The molecule has 0 aliphatic rings. The van der Waals surface area contributed by atoms with Crippen molar-refractivity contribution >= 4 is 11.9 Å². The first-order chi connectivity index (χ1) is 16.6. The SMILES string of the molecule is CCCCCCCCCCCCCCCCCCCCCC(=O)OC(CO)COC(=O)CCC. The standard InChI is InChI=1S/C29H56O5/c1-3-5-6-7-8-9-10-11-12-13-14-15-16-17-18-19-20-21-22-24-29(32)34-27(25-30)26-33-28(31)23-4-2/h27,30H,3-26H2,1-2H3. The molecular formula is C29H56O5. The molecule has 0 heterocycles. The van der Waals surface area contributed by atoms with Crippen LogP contribution >= 0.6 is 0 Å². The summed E-state index contributed by atoms with van der Waals surface area (Å²) in [6, 6.07) is 0. The summed E-state index contributed by atoms with van der Waals surface area (Å²) in [4.78, 5) is 23.3. The third-order valence-corrected chi connectivity index (χ3v) is 6.37. The highest BCUT2D eigenvalue weighted by Gasteiger charge is 2.15. The molecule has 0 aromatic carbocycles. The molecule has 0 radical (unpaired) electrons. The number of unbranched alkanes of at least 4 members (excludes halogenated alkanes) is 18. The van der Waals surface area contributed by atoms with Crippen LogP contribution in [0.1, 0.15) is 155 Å². The van der Waals surface area contributed by atoms with Gasteiger partial charge in [0.25, 0.3) is 0 Å². The van der Waals surface area contributed by atoms with Crippen LogP contribution in [0.3, 0.4) is 0 Å². The third kappa shape index (κ3) is 24.0. The number of ether oxygens (including phenoxy) is 2. The maximum atomic E-state index is 11.9. The van der Waals surface area contributed by atoms with Crippen LogP contribution in [0.4, 0.5) is 0 Å². The number of esters is 2. The molecule has 0 bridgehead atoms. The number of carbonyl (C=O) groups is 2. The Labute approximate surface area is 210 Å². The van der Waals surface area contributed by atoms with Crippen molar-refractivity contribution in [2.75, 3.05) is 13.2 Å². The molecule has 0 aromatic heterocycles. The van der Waals surface area contributed by atoms with Gasteiger partial charge in [-0.1, -0.05) is 129 Å². The predicted octanol–water partition coefficient (Wildman–Crippen LogP) is 8.06. The van der Waals surface area contributed by atoms with Gasteiger partial charge in [0.05, 0.1) is 6.61 Å². The van der Waals surface area contributed by atoms with Crippen LogP contribution in [0.2, 0.25) is 0 Å². The van der Waals surface area contributed by atoms with Crippen molar-refractivity contribution in [2.24, 2.45) is 0 Å². The summed E-state index contributed by atoms with van der Waals surface area (Å²) in [7, 11) is 0. The predicted molar refractivity (Wildman–Crippen MR) is 141 cm³/mol. The molecule has 1 N–H and O–H groups in total. The fourth-order valence-corrected chi connectivity index (χ4v) is 4.18. The van der Waals surface area contributed by atoms with E-state index in [1.54, 1.807) is 0 Å². The van der Waals surface area contributed by atoms with Crippen molar-refractivity contribution in [3.8, 4) is 0 Å². The van der Waals surface area contributed by atoms with Gasteiger partial charge in [-0.3, -0.25) is 9.59 Å². The summed E-state index contributed by atoms with van der Waals surface area (Å²) < 4.78 is 10.2. The Morgan fingerprint density at radius 2 is 0.971 bits per heavy atom. The molecule has 1 unspecified atom stereocenters. The van der Waals surface area contributed by atoms with Gasteiger partial charge in [-0.15, -0.1) is 0 Å². The lowest BCUT2D eigenvalue weighted by atomic mass is 10.0. The maximum Gasteiger partial charge on any atom is 0.306 e. The highest BCUT2D eigenvalue weighted by Crippen LogP contribution is 2.15. The van der Waals surface area contributed by atoms with Gasteiger partial charge < -0.3 is 14.6 Å². The minimum atomic E-state index is -0.756. The lowest BCUT2D eigenvalue weighted by molar-refractivity contribution is -0.161. The van der Waals surface area contributed by atoms with Gasteiger partial charge in [0, 0.05) is 12.8 Å². The van der Waals surface area contributed by atoms with E-state index in [4.69, 9.17) is 9.47 Å². The van der Waals surface area contributed by atoms with Crippen molar-refractivity contribution in [1.29, 1.82) is 0 Å². The van der Waals surface area contributed by atoms with Crippen LogP contribution in [0.15, 0.2) is 0 Å². The Hall–Kier alpha value is -1.10. The highest BCUT2D eigenvalue weighted by atomic mass is 16.6. The van der Waals surface area contributed by atoms with E-state index in [0.717, 1.165) is 19.3 Å². The molecular weight excluding hydrogens is 428 g/mol. The number of aliphatic hydroxyl groups is 1. The molecule has 0 aromatic rings. The smallest absolute Gasteiger partial charge is 0.306 e. The lowest BCUT2D eigenvalue weighted by Crippen LogP contribution is -2.28. The van der Waals surface area contributed by atoms with Crippen molar-refractivity contribution in [3.63, 3.8) is 0 Å². The fraction of sp³-hybridized carbons (Fsp3) is 0.931. The Morgan fingerprint density at radius 1 is 0.559 bits per heavy atom. The average Bonchev–Trinajstić information content (AvgIpc) is 2.83. The first kappa shape index (κ1) is 32.9. The molecule has 0 saturated heterocycles. The maximum absolute atomic E-state index is 11.9. The second kappa shape index (κ2) is 26.5. The van der Waals surface area contributed by atoms with E-state index in [9.17, 15) is 14.7 Å². The van der Waals surface area contributed by atoms with Crippen molar-refractivity contribution in [3.05, 3.63) is 0 Å². The highest BCUT2D eigenvalue weighted by molar-refractivity contribution is 5.70. The van der Waals surface area contributed by atoms with E-state index in [0.29, 0.717) is 19.3 Å². The molecule has 0 amide bonds. The molecule has 34 heavy (non-hydrogen) atoms. The van der Waals surface area contributed by atoms with Crippen LogP contribution in [0.5, 0.6) is 0 Å². The molecule has 0 spiro atoms. The van der Waals surface area contributed by atoms with Gasteiger partial charge in [0.1, 0.15) is 6.61 Å². The number of carbonyl (C=O) groups excluding carboxylic acids is 2. The first-order valence-corrected chi connectivity index (χ1v) is 14.6. The van der Waals surface area contributed by atoms with Crippen LogP contribution in [-0.2, 0) is 19.1 Å². The molecule has 0 aliphatic carbocycles. The Bertz CT molecular complexity index is 452. The molecule has 0 saturated carbocycles. The molecule has 0 aliphatic heterocycles. The lowest BCUT2D eigenvalue weighted by Gasteiger charge is -2.15. The van der Waals surface area contributed by atoms with Crippen molar-refractivity contribution in [2.45, 2.75) is 161 Å². The zero-order valence-electron chi connectivity index (χ0n) is 22.6. The summed E-state index contributed by atoms with van der Waals surface area (Å²) in [5, 5.41) is 9.28. The summed E-state index contributed by atoms with van der Waals surface area (Å²) in [5.74, 6) is -0.645. The minimum Gasteiger partial charge on any atom is -0.462 e. The van der Waals surface area contributed by atoms with E-state index in [2.05, 4.69) is 6.92 Å². The van der Waals surface area contributed by atoms with Crippen LogP contribution in [0, 0.1) is 0 Å². The molecule has 5 nitrogen and oxygen atoms in total. The van der Waals surface area contributed by atoms with E-state index in [1.807, 2.05) is 6.92 Å². The van der Waals surface area contributed by atoms with Gasteiger partial charge in [-0.05, 0) is 12.8 Å². The summed E-state index contributed by atoms with van der Waals surface area (Å²) in [5.41, 5.74) is 0. The third-order valence-electron chi connectivity index (χ3n) is 6.37. The van der Waals surface area contributed by atoms with E-state index in [1.165, 1.54) is 103 Å². The molecule has 202 valence electrons. The second-order valence-corrected chi connectivity index (χ2v) is 9.84. The van der Waals surface area contributed by atoms with E-state index >= 15 is 0 Å². The monoisotopic (exact) mass is 484 g/mol. The van der Waals surface area contributed by atoms with E-state index < -0.39 is 6.10 Å². The number of rotatable bonds is 26. The van der Waals surface area contributed by atoms with Gasteiger partial charge in [0.2, 0.25) is 0 Å². The van der Waals surface area contributed by atoms with Crippen molar-refractivity contribution < 1.29 is 24.2 Å². The average molecular weight is 485 g/mol. The van der Waals surface area contributed by atoms with Crippen LogP contribution < -0.4 is 0 Å². The molecule has 0 rings (SSSR count). The van der Waals surface area contributed by atoms with Gasteiger partial charge in [-0.25, -0.2) is 0 Å². The summed E-state index contributed by atoms with van der Waals surface area (Å²) in [6.45, 7) is 3.77. The Morgan fingerprint density at radius 3 is 1.35 bits per heavy atom. The summed E-state index contributed by atoms with van der Waals surface area (Å²) >= 11 is 0. The topological polar surface area (TPSA) is 72.8 Å². The fourth-order valence-electron chi connectivity index (χ4n) is 4.18. The number of hydrogen-bond donors (Lipinski definition) is 1. The number of aliphatic hydroxyl groups excluding tert-OH is 1. The first-order valence-electron chi connectivity index (χ1n) is 14.6. The van der Waals surface area contributed by atoms with Gasteiger partial charge in [-0.2, -0.15) is 0 Å². The molecule has 5 heteroatoms. The zero-order valence-corrected chi connectivity index (χ0v) is 22.6. The summed E-state index contributed by atoms with van der Waals surface area (Å²) in [6.07, 6.45) is 25.8.